The number of rotatable bonds is 6. The minimum absolute atomic E-state index is 0.158. The van der Waals surface area contributed by atoms with Crippen LogP contribution in [0.25, 0.3) is 0 Å². The number of hydrogen-bond acceptors (Lipinski definition) is 5. The number of nitrogens with one attached hydrogen (secondary N) is 1. The van der Waals surface area contributed by atoms with Crippen molar-refractivity contribution in [3.05, 3.63) is 15.8 Å². The first-order valence-corrected chi connectivity index (χ1v) is 8.85. The van der Waals surface area contributed by atoms with Gasteiger partial charge in [0.15, 0.2) is 0 Å². The first kappa shape index (κ1) is 16.1. The molecule has 2 unspecified atom stereocenters. The molecule has 0 saturated heterocycles. The van der Waals surface area contributed by atoms with Crippen LogP contribution in [0.1, 0.15) is 44.7 Å². The van der Waals surface area contributed by atoms with Gasteiger partial charge in [-0.15, -0.1) is 0 Å². The van der Waals surface area contributed by atoms with Gasteiger partial charge in [-0.1, -0.05) is 19.8 Å². The first-order valence-electron chi connectivity index (χ1n) is 7.56. The molecular weight excluding hydrogens is 288 g/mol. The van der Waals surface area contributed by atoms with Crippen LogP contribution in [0.2, 0.25) is 0 Å². The fraction of sp³-hybridized carbons (Fsp3) is 0.786. The minimum atomic E-state index is -0.296. The van der Waals surface area contributed by atoms with E-state index in [9.17, 15) is 10.1 Å². The van der Waals surface area contributed by atoms with E-state index < -0.39 is 0 Å². The van der Waals surface area contributed by atoms with Gasteiger partial charge in [-0.05, 0) is 31.9 Å². The van der Waals surface area contributed by atoms with Crippen LogP contribution in [-0.4, -0.2) is 32.3 Å². The number of nitro groups is 1. The Morgan fingerprint density at radius 1 is 1.52 bits per heavy atom. The number of aromatic nitrogens is 2. The molecule has 21 heavy (non-hydrogen) atoms. The van der Waals surface area contributed by atoms with E-state index >= 15 is 0 Å². The molecular formula is C14H24N4O2S. The van der Waals surface area contributed by atoms with Crippen molar-refractivity contribution in [1.82, 2.24) is 9.78 Å². The van der Waals surface area contributed by atoms with Crippen LogP contribution in [0.15, 0.2) is 0 Å². The summed E-state index contributed by atoms with van der Waals surface area (Å²) in [6.07, 6.45) is 8.19. The Kier molecular flexibility index (Phi) is 5.50. The maximum absolute atomic E-state index is 11.4. The Morgan fingerprint density at radius 2 is 2.29 bits per heavy atom. The van der Waals surface area contributed by atoms with Crippen molar-refractivity contribution in [1.29, 1.82) is 0 Å². The van der Waals surface area contributed by atoms with E-state index in [4.69, 9.17) is 0 Å². The maximum Gasteiger partial charge on any atom is 0.333 e. The van der Waals surface area contributed by atoms with Crippen LogP contribution < -0.4 is 5.32 Å². The second-order valence-corrected chi connectivity index (χ2v) is 6.78. The fourth-order valence-electron chi connectivity index (χ4n) is 3.01. The van der Waals surface area contributed by atoms with E-state index in [0.29, 0.717) is 29.2 Å². The molecule has 0 aromatic carbocycles. The summed E-state index contributed by atoms with van der Waals surface area (Å²) in [6, 6.07) is 0.305. The Bertz CT molecular complexity index is 503. The summed E-state index contributed by atoms with van der Waals surface area (Å²) < 4.78 is 1.63. The molecule has 0 radical (unpaired) electrons. The van der Waals surface area contributed by atoms with Gasteiger partial charge in [0.2, 0.25) is 5.82 Å². The van der Waals surface area contributed by atoms with Crippen LogP contribution in [0.4, 0.5) is 11.5 Å². The molecule has 0 amide bonds. The van der Waals surface area contributed by atoms with Crippen LogP contribution >= 0.6 is 11.8 Å². The van der Waals surface area contributed by atoms with Crippen molar-refractivity contribution in [2.45, 2.75) is 56.7 Å². The molecule has 0 bridgehead atoms. The van der Waals surface area contributed by atoms with E-state index in [1.54, 1.807) is 11.7 Å². The predicted octanol–water partition coefficient (Wildman–Crippen LogP) is 3.37. The molecule has 1 N–H and O–H groups in total. The molecule has 2 rings (SSSR count). The maximum atomic E-state index is 11.4. The average molecular weight is 312 g/mol. The number of nitrogens with zero attached hydrogens (tertiary/aromatic N) is 3. The molecule has 6 nitrogen and oxygen atoms in total. The molecule has 1 heterocycles. The van der Waals surface area contributed by atoms with Crippen molar-refractivity contribution in [3.8, 4) is 0 Å². The average Bonchev–Trinajstić information content (AvgIpc) is 2.76. The second-order valence-electron chi connectivity index (χ2n) is 5.64. The minimum Gasteiger partial charge on any atom is -0.362 e. The number of thioether (sulfide) groups is 1. The first-order chi connectivity index (χ1) is 10.1. The van der Waals surface area contributed by atoms with Crippen LogP contribution in [0.3, 0.4) is 0 Å². The smallest absolute Gasteiger partial charge is 0.333 e. The zero-order valence-electron chi connectivity index (χ0n) is 13.0. The number of anilines is 1. The lowest BCUT2D eigenvalue weighted by atomic mass is 9.95. The summed E-state index contributed by atoms with van der Waals surface area (Å²) in [4.78, 5) is 11.1. The van der Waals surface area contributed by atoms with Gasteiger partial charge in [0.25, 0.3) is 0 Å². The normalized spacial score (nSPS) is 22.2. The molecule has 1 fully saturated rings. The van der Waals surface area contributed by atoms with Crippen LogP contribution in [0, 0.1) is 10.1 Å². The third-order valence-electron chi connectivity index (χ3n) is 4.06. The van der Waals surface area contributed by atoms with Gasteiger partial charge in [0.05, 0.1) is 4.92 Å². The molecule has 1 saturated carbocycles. The highest BCUT2D eigenvalue weighted by Gasteiger charge is 2.29. The molecule has 1 aromatic heterocycles. The molecule has 1 aliphatic carbocycles. The Labute approximate surface area is 129 Å². The van der Waals surface area contributed by atoms with Crippen molar-refractivity contribution in [2.24, 2.45) is 7.05 Å². The quantitative estimate of drug-likeness (QED) is 0.644. The SMILES string of the molecule is CCCc1nn(C)c(NC2CCCC(SC)C2)c1[N+](=O)[O-]. The van der Waals surface area contributed by atoms with E-state index in [1.807, 2.05) is 18.7 Å². The summed E-state index contributed by atoms with van der Waals surface area (Å²) in [6.45, 7) is 2.01. The van der Waals surface area contributed by atoms with Crippen LogP contribution in [-0.2, 0) is 13.5 Å². The second kappa shape index (κ2) is 7.15. The van der Waals surface area contributed by atoms with E-state index in [-0.39, 0.29) is 10.6 Å². The van der Waals surface area contributed by atoms with Gasteiger partial charge >= 0.3 is 5.69 Å². The Balaban J connectivity index is 2.20. The zero-order valence-corrected chi connectivity index (χ0v) is 13.8. The van der Waals surface area contributed by atoms with Gasteiger partial charge in [-0.2, -0.15) is 16.9 Å². The van der Waals surface area contributed by atoms with Crippen molar-refractivity contribution in [3.63, 3.8) is 0 Å². The van der Waals surface area contributed by atoms with Crippen LogP contribution in [0.5, 0.6) is 0 Å². The van der Waals surface area contributed by atoms with E-state index in [0.717, 1.165) is 19.3 Å². The zero-order chi connectivity index (χ0) is 15.4. The molecule has 1 aliphatic rings. The van der Waals surface area contributed by atoms with Crippen molar-refractivity contribution < 1.29 is 4.92 Å². The van der Waals surface area contributed by atoms with Gasteiger partial charge in [0, 0.05) is 18.3 Å². The van der Waals surface area contributed by atoms with E-state index in [2.05, 4.69) is 16.7 Å². The highest BCUT2D eigenvalue weighted by atomic mass is 32.2. The van der Waals surface area contributed by atoms with Gasteiger partial charge in [-0.25, -0.2) is 4.68 Å². The summed E-state index contributed by atoms with van der Waals surface area (Å²) >= 11 is 1.89. The van der Waals surface area contributed by atoms with Gasteiger partial charge in [-0.3, -0.25) is 10.1 Å². The summed E-state index contributed by atoms with van der Waals surface area (Å²) in [5.41, 5.74) is 0.746. The third kappa shape index (κ3) is 3.70. The summed E-state index contributed by atoms with van der Waals surface area (Å²) in [5, 5.41) is 19.8. The number of aryl methyl sites for hydroxylation is 2. The highest BCUT2D eigenvalue weighted by Crippen LogP contribution is 2.33. The van der Waals surface area contributed by atoms with Crippen molar-refractivity contribution in [2.75, 3.05) is 11.6 Å². The molecule has 118 valence electrons. The summed E-state index contributed by atoms with van der Waals surface area (Å²) in [7, 11) is 1.78. The number of hydrogen-bond donors (Lipinski definition) is 1. The standard InChI is InChI=1S/C14H24N4O2S/c1-4-6-12-13(18(19)20)14(17(2)16-12)15-10-7-5-8-11(9-10)21-3/h10-11,15H,4-9H2,1-3H3. The fourth-order valence-corrected chi connectivity index (χ4v) is 3.84. The highest BCUT2D eigenvalue weighted by molar-refractivity contribution is 7.99. The Morgan fingerprint density at radius 3 is 2.90 bits per heavy atom. The molecule has 0 spiro atoms. The largest absolute Gasteiger partial charge is 0.362 e. The van der Waals surface area contributed by atoms with Gasteiger partial charge < -0.3 is 5.32 Å². The topological polar surface area (TPSA) is 73.0 Å². The molecule has 1 aromatic rings. The molecule has 7 heteroatoms. The Hall–Kier alpha value is -1.24. The van der Waals surface area contributed by atoms with E-state index in [1.165, 1.54) is 12.8 Å². The van der Waals surface area contributed by atoms with Gasteiger partial charge in [0.1, 0.15) is 5.69 Å². The lowest BCUT2D eigenvalue weighted by Crippen LogP contribution is -2.29. The van der Waals surface area contributed by atoms with Crippen molar-refractivity contribution >= 4 is 23.3 Å². The molecule has 0 aliphatic heterocycles. The molecule has 2 atom stereocenters. The lowest BCUT2D eigenvalue weighted by molar-refractivity contribution is -0.384. The predicted molar refractivity (Wildman–Crippen MR) is 87.0 cm³/mol. The monoisotopic (exact) mass is 312 g/mol. The lowest BCUT2D eigenvalue weighted by Gasteiger charge is -2.29. The summed E-state index contributed by atoms with van der Waals surface area (Å²) in [5.74, 6) is 0.565. The third-order valence-corrected chi connectivity index (χ3v) is 5.16.